The number of benzene rings is 10. The van der Waals surface area contributed by atoms with E-state index in [0.717, 1.165) is 55.5 Å². The molecule has 0 fully saturated rings. The van der Waals surface area contributed by atoms with Gasteiger partial charge in [0.05, 0.1) is 11.4 Å². The molecule has 2 aromatic heterocycles. The molecule has 11 aromatic carbocycles. The first-order valence-electron chi connectivity index (χ1n) is 21.5. The van der Waals surface area contributed by atoms with Crippen LogP contribution in [0.5, 0.6) is 0 Å². The zero-order valence-electron chi connectivity index (χ0n) is 34.1. The molecule has 0 aliphatic carbocycles. The van der Waals surface area contributed by atoms with Crippen LogP contribution in [0, 0.1) is 0 Å². The van der Waals surface area contributed by atoms with Gasteiger partial charge < -0.3 is 9.32 Å². The normalized spacial score (nSPS) is 11.8. The van der Waals surface area contributed by atoms with Crippen LogP contribution in [0.3, 0.4) is 0 Å². The molecular weight excluding hydrogens is 783 g/mol. The molecule has 0 radical (unpaired) electrons. The lowest BCUT2D eigenvalue weighted by Crippen LogP contribution is -2.11. The number of nitrogens with zero attached hydrogens (tertiary/aromatic N) is 1. The maximum absolute atomic E-state index is 6.83. The first kappa shape index (κ1) is 35.7. The van der Waals surface area contributed by atoms with Gasteiger partial charge in [0.15, 0.2) is 5.58 Å². The minimum atomic E-state index is 0.852. The average Bonchev–Trinajstić information content (AvgIpc) is 3.92. The van der Waals surface area contributed by atoms with Gasteiger partial charge in [-0.3, -0.25) is 0 Å². The van der Waals surface area contributed by atoms with E-state index in [1.54, 1.807) is 0 Å². The van der Waals surface area contributed by atoms with E-state index in [-0.39, 0.29) is 0 Å². The van der Waals surface area contributed by atoms with Gasteiger partial charge in [-0.25, -0.2) is 0 Å². The van der Waals surface area contributed by atoms with Gasteiger partial charge in [0, 0.05) is 42.2 Å². The molecule has 0 unspecified atom stereocenters. The van der Waals surface area contributed by atoms with Crippen molar-refractivity contribution in [2.75, 3.05) is 4.90 Å². The third-order valence-corrected chi connectivity index (χ3v) is 14.0. The number of hydrogen-bond donors (Lipinski definition) is 0. The van der Waals surface area contributed by atoms with Crippen LogP contribution in [0.25, 0.3) is 107 Å². The summed E-state index contributed by atoms with van der Waals surface area (Å²) in [5.74, 6) is 0. The van der Waals surface area contributed by atoms with Crippen LogP contribution >= 0.6 is 11.3 Å². The Morgan fingerprint density at radius 2 is 0.810 bits per heavy atom. The number of furan rings is 1. The molecule has 0 amide bonds. The highest BCUT2D eigenvalue weighted by Gasteiger charge is 2.23. The standard InChI is InChI=1S/C60H37NOS/c1-2-17-38(18-3-1)40-19-10-13-29-55(40)61(56-30-16-28-50-48-26-11-14-31-57(48)62-60(50)56)39-33-34-47-51(35-39)45-24-8-6-22-43(45)41-20-4-5-21-42(41)44-23-7-9-25-46(44)52-36-54-49-27-12-15-32-58(49)63-59(54)37-53(47)52/h1-37H. The van der Waals surface area contributed by atoms with E-state index < -0.39 is 0 Å². The molecule has 0 aliphatic heterocycles. The van der Waals surface area contributed by atoms with Gasteiger partial charge in [-0.05, 0) is 108 Å². The largest absolute Gasteiger partial charge is 0.454 e. The zero-order chi connectivity index (χ0) is 41.4. The van der Waals surface area contributed by atoms with Crippen LogP contribution in [0.1, 0.15) is 0 Å². The molecule has 0 atom stereocenters. The monoisotopic (exact) mass is 819 g/mol. The van der Waals surface area contributed by atoms with Crippen LogP contribution in [-0.4, -0.2) is 0 Å². The Hall–Kier alpha value is -7.98. The molecule has 0 spiro atoms. The Morgan fingerprint density at radius 3 is 1.52 bits per heavy atom. The quantitative estimate of drug-likeness (QED) is 0.176. The Labute approximate surface area is 367 Å². The minimum Gasteiger partial charge on any atom is -0.454 e. The Kier molecular flexibility index (Phi) is 8.12. The summed E-state index contributed by atoms with van der Waals surface area (Å²) in [4.78, 5) is 2.41. The van der Waals surface area contributed by atoms with Crippen molar-refractivity contribution < 1.29 is 4.42 Å². The molecule has 2 heterocycles. The lowest BCUT2D eigenvalue weighted by molar-refractivity contribution is 0.669. The topological polar surface area (TPSA) is 16.4 Å². The third-order valence-electron chi connectivity index (χ3n) is 12.9. The van der Waals surface area contributed by atoms with E-state index in [9.17, 15) is 0 Å². The van der Waals surface area contributed by atoms with Crippen LogP contribution < -0.4 is 4.90 Å². The third kappa shape index (κ3) is 5.64. The van der Waals surface area contributed by atoms with Gasteiger partial charge in [0.25, 0.3) is 0 Å². The van der Waals surface area contributed by atoms with E-state index in [0.29, 0.717) is 0 Å². The summed E-state index contributed by atoms with van der Waals surface area (Å²) in [7, 11) is 0. The summed E-state index contributed by atoms with van der Waals surface area (Å²) < 4.78 is 9.41. The number of rotatable bonds is 4. The lowest BCUT2D eigenvalue weighted by atomic mass is 9.93. The summed E-state index contributed by atoms with van der Waals surface area (Å²) in [5, 5.41) is 16.8. The predicted octanol–water partition coefficient (Wildman–Crippen LogP) is 18.0. The molecule has 0 aliphatic rings. The van der Waals surface area contributed by atoms with Crippen molar-refractivity contribution in [2.24, 2.45) is 0 Å². The molecule has 13 rings (SSSR count). The van der Waals surface area contributed by atoms with Crippen molar-refractivity contribution >= 4 is 124 Å². The second-order valence-corrected chi connectivity index (χ2v) is 17.4. The summed E-state index contributed by atoms with van der Waals surface area (Å²) in [6.07, 6.45) is 0. The van der Waals surface area contributed by atoms with Crippen molar-refractivity contribution in [3.63, 3.8) is 0 Å². The van der Waals surface area contributed by atoms with Crippen LogP contribution in [-0.2, 0) is 0 Å². The molecule has 2 nitrogen and oxygen atoms in total. The molecule has 0 saturated carbocycles. The SMILES string of the molecule is c1ccc(-c2ccccc2N(c2ccc3c(c2)c2ccccc2c2ccccc2c2ccccc2c2cc4c(cc32)sc2ccccc24)c2cccc3c2oc2ccccc23)cc1. The van der Waals surface area contributed by atoms with Crippen LogP contribution in [0.2, 0.25) is 0 Å². The summed E-state index contributed by atoms with van der Waals surface area (Å²) >= 11 is 1.87. The van der Waals surface area contributed by atoms with Crippen molar-refractivity contribution in [1.29, 1.82) is 0 Å². The number of thiophene rings is 1. The number of fused-ring (bicyclic) bond motifs is 16. The molecule has 294 valence electrons. The highest BCUT2D eigenvalue weighted by Crippen LogP contribution is 2.47. The van der Waals surface area contributed by atoms with Crippen LogP contribution in [0.15, 0.2) is 229 Å². The molecule has 0 bridgehead atoms. The fourth-order valence-electron chi connectivity index (χ4n) is 10.1. The maximum atomic E-state index is 6.83. The second kappa shape index (κ2) is 14.3. The van der Waals surface area contributed by atoms with E-state index in [1.165, 1.54) is 68.6 Å². The molecule has 13 aromatic rings. The van der Waals surface area contributed by atoms with E-state index in [4.69, 9.17) is 4.42 Å². The molecule has 63 heavy (non-hydrogen) atoms. The summed E-state index contributed by atoms with van der Waals surface area (Å²) in [6, 6.07) is 82.1. The lowest BCUT2D eigenvalue weighted by Gasteiger charge is -2.28. The zero-order valence-corrected chi connectivity index (χ0v) is 34.9. The average molecular weight is 820 g/mol. The summed E-state index contributed by atoms with van der Waals surface area (Å²) in [6.45, 7) is 0. The Morgan fingerprint density at radius 1 is 0.302 bits per heavy atom. The number of anilines is 3. The van der Waals surface area contributed by atoms with Crippen molar-refractivity contribution in [3.05, 3.63) is 224 Å². The van der Waals surface area contributed by atoms with E-state index in [2.05, 4.69) is 223 Å². The van der Waals surface area contributed by atoms with Gasteiger partial charge >= 0.3 is 0 Å². The fraction of sp³-hybridized carbons (Fsp3) is 0. The summed E-state index contributed by atoms with van der Waals surface area (Å²) in [5.41, 5.74) is 7.09. The molecular formula is C60H37NOS. The maximum Gasteiger partial charge on any atom is 0.159 e. The Bertz CT molecular complexity index is 4050. The smallest absolute Gasteiger partial charge is 0.159 e. The Balaban J connectivity index is 1.23. The minimum absolute atomic E-state index is 0.852. The van der Waals surface area contributed by atoms with Crippen LogP contribution in [0.4, 0.5) is 17.1 Å². The molecule has 0 N–H and O–H groups in total. The van der Waals surface area contributed by atoms with Gasteiger partial charge in [-0.15, -0.1) is 11.3 Å². The van der Waals surface area contributed by atoms with E-state index >= 15 is 0 Å². The number of para-hydroxylation sites is 3. The number of hydrogen-bond acceptors (Lipinski definition) is 3. The van der Waals surface area contributed by atoms with Gasteiger partial charge in [-0.1, -0.05) is 176 Å². The first-order valence-corrected chi connectivity index (χ1v) is 22.3. The van der Waals surface area contributed by atoms with Gasteiger partial charge in [0.1, 0.15) is 5.58 Å². The fourth-order valence-corrected chi connectivity index (χ4v) is 11.2. The highest BCUT2D eigenvalue weighted by atomic mass is 32.1. The molecule has 3 heteroatoms. The van der Waals surface area contributed by atoms with Crippen molar-refractivity contribution in [2.45, 2.75) is 0 Å². The van der Waals surface area contributed by atoms with Gasteiger partial charge in [-0.2, -0.15) is 0 Å². The van der Waals surface area contributed by atoms with Crippen molar-refractivity contribution in [3.8, 4) is 11.1 Å². The van der Waals surface area contributed by atoms with Crippen molar-refractivity contribution in [1.82, 2.24) is 0 Å². The van der Waals surface area contributed by atoms with E-state index in [1.807, 2.05) is 17.4 Å². The van der Waals surface area contributed by atoms with Gasteiger partial charge in [0.2, 0.25) is 0 Å². The first-order chi connectivity index (χ1) is 31.3. The second-order valence-electron chi connectivity index (χ2n) is 16.3. The highest BCUT2D eigenvalue weighted by molar-refractivity contribution is 7.25. The molecule has 0 saturated heterocycles. The predicted molar refractivity (Wildman–Crippen MR) is 272 cm³/mol.